The zero-order chi connectivity index (χ0) is 18.0. The number of hydrogen-bond acceptors (Lipinski definition) is 5. The molecule has 1 saturated heterocycles. The summed E-state index contributed by atoms with van der Waals surface area (Å²) < 4.78 is 0. The lowest BCUT2D eigenvalue weighted by Crippen LogP contribution is -2.41. The average molecular weight is 354 g/mol. The largest absolute Gasteiger partial charge is 0.325 e. The number of nitrogens with one attached hydrogen (secondary N) is 2. The third-order valence-corrected chi connectivity index (χ3v) is 4.63. The molecule has 3 rings (SSSR count). The molecule has 1 aromatic carbocycles. The lowest BCUT2D eigenvalue weighted by Gasteiger charge is -2.20. The number of nitriles is 1. The van der Waals surface area contributed by atoms with Crippen LogP contribution in [-0.4, -0.2) is 29.3 Å². The highest BCUT2D eigenvalue weighted by Gasteiger charge is 2.49. The van der Waals surface area contributed by atoms with E-state index in [0.29, 0.717) is 16.8 Å². The molecule has 1 aliphatic rings. The normalized spacial score (nSPS) is 19.4. The first-order valence-corrected chi connectivity index (χ1v) is 8.35. The third-order valence-electron chi connectivity index (χ3n) is 3.95. The molecule has 1 fully saturated rings. The number of hydrogen-bond donors (Lipinski definition) is 2. The third kappa shape index (κ3) is 3.09. The van der Waals surface area contributed by atoms with Crippen molar-refractivity contribution in [3.8, 4) is 6.07 Å². The topological polar surface area (TPSA) is 102 Å². The molecule has 0 saturated carbocycles. The molecule has 1 aliphatic heterocycles. The van der Waals surface area contributed by atoms with Crippen LogP contribution in [0.5, 0.6) is 0 Å². The molecule has 0 radical (unpaired) electrons. The Labute approximate surface area is 147 Å². The molecule has 126 valence electrons. The second-order valence-electron chi connectivity index (χ2n) is 5.70. The van der Waals surface area contributed by atoms with Gasteiger partial charge in [-0.2, -0.15) is 16.6 Å². The van der Waals surface area contributed by atoms with E-state index in [0.717, 1.165) is 4.90 Å². The van der Waals surface area contributed by atoms with Gasteiger partial charge in [0.1, 0.15) is 12.1 Å². The van der Waals surface area contributed by atoms with Crippen LogP contribution in [0.1, 0.15) is 18.1 Å². The van der Waals surface area contributed by atoms with Crippen molar-refractivity contribution in [1.29, 1.82) is 5.26 Å². The Kier molecular flexibility index (Phi) is 4.25. The summed E-state index contributed by atoms with van der Waals surface area (Å²) in [5, 5.41) is 17.7. The van der Waals surface area contributed by atoms with Crippen LogP contribution in [0.2, 0.25) is 0 Å². The van der Waals surface area contributed by atoms with Crippen LogP contribution < -0.4 is 10.6 Å². The molecule has 2 heterocycles. The summed E-state index contributed by atoms with van der Waals surface area (Å²) >= 11 is 1.42. The van der Waals surface area contributed by atoms with Gasteiger partial charge in [0.05, 0.1) is 11.6 Å². The van der Waals surface area contributed by atoms with Crippen LogP contribution >= 0.6 is 11.3 Å². The molecule has 0 spiro atoms. The number of nitrogens with zero attached hydrogens (tertiary/aromatic N) is 2. The van der Waals surface area contributed by atoms with Crippen LogP contribution in [0, 0.1) is 11.3 Å². The van der Waals surface area contributed by atoms with Gasteiger partial charge in [-0.15, -0.1) is 0 Å². The fourth-order valence-corrected chi connectivity index (χ4v) is 3.36. The molecular formula is C17H14N4O3S. The Morgan fingerprint density at radius 1 is 1.40 bits per heavy atom. The molecule has 1 aromatic heterocycles. The van der Waals surface area contributed by atoms with E-state index in [-0.39, 0.29) is 0 Å². The fourth-order valence-electron chi connectivity index (χ4n) is 2.60. The molecule has 8 heteroatoms. The molecule has 2 aromatic rings. The van der Waals surface area contributed by atoms with Crippen molar-refractivity contribution in [2.45, 2.75) is 12.5 Å². The van der Waals surface area contributed by atoms with Gasteiger partial charge >= 0.3 is 6.03 Å². The average Bonchev–Trinajstić information content (AvgIpc) is 3.20. The molecule has 0 bridgehead atoms. The van der Waals surface area contributed by atoms with Gasteiger partial charge in [0.2, 0.25) is 5.91 Å². The van der Waals surface area contributed by atoms with Crippen LogP contribution in [0.15, 0.2) is 41.1 Å². The van der Waals surface area contributed by atoms with Crippen molar-refractivity contribution < 1.29 is 14.4 Å². The SMILES string of the molecule is CC1(c2ccsc2)NC(=O)N(CC(=O)Nc2cccc(C#N)c2)C1=O. The van der Waals surface area contributed by atoms with Crippen molar-refractivity contribution >= 4 is 34.9 Å². The number of benzene rings is 1. The van der Waals surface area contributed by atoms with Crippen molar-refractivity contribution in [2.75, 3.05) is 11.9 Å². The maximum atomic E-state index is 12.6. The quantitative estimate of drug-likeness (QED) is 0.820. The number of thiophene rings is 1. The summed E-state index contributed by atoms with van der Waals surface area (Å²) in [5.74, 6) is -0.995. The van der Waals surface area contributed by atoms with Gasteiger partial charge in [-0.05, 0) is 47.5 Å². The first-order chi connectivity index (χ1) is 11.9. The van der Waals surface area contributed by atoms with Gasteiger partial charge in [-0.3, -0.25) is 14.5 Å². The number of imide groups is 1. The van der Waals surface area contributed by atoms with Gasteiger partial charge in [0, 0.05) is 5.69 Å². The zero-order valence-electron chi connectivity index (χ0n) is 13.3. The molecule has 1 atom stereocenters. The van der Waals surface area contributed by atoms with Crippen LogP contribution in [0.4, 0.5) is 10.5 Å². The van der Waals surface area contributed by atoms with E-state index in [1.165, 1.54) is 17.4 Å². The van der Waals surface area contributed by atoms with E-state index >= 15 is 0 Å². The van der Waals surface area contributed by atoms with Crippen molar-refractivity contribution in [3.63, 3.8) is 0 Å². The Bertz CT molecular complexity index is 888. The predicted molar refractivity (Wildman–Crippen MR) is 91.7 cm³/mol. The number of amides is 4. The summed E-state index contributed by atoms with van der Waals surface area (Å²) in [6, 6.07) is 9.51. The first-order valence-electron chi connectivity index (χ1n) is 7.41. The summed E-state index contributed by atoms with van der Waals surface area (Å²) in [7, 11) is 0. The van der Waals surface area contributed by atoms with Gasteiger partial charge < -0.3 is 10.6 Å². The monoisotopic (exact) mass is 354 g/mol. The summed E-state index contributed by atoms with van der Waals surface area (Å²) in [5.41, 5.74) is 0.341. The molecule has 25 heavy (non-hydrogen) atoms. The smallest absolute Gasteiger partial charge is 0.324 e. The molecule has 4 amide bonds. The van der Waals surface area contributed by atoms with E-state index in [9.17, 15) is 14.4 Å². The number of urea groups is 1. The fraction of sp³-hybridized carbons (Fsp3) is 0.176. The van der Waals surface area contributed by atoms with E-state index in [1.54, 1.807) is 36.6 Å². The van der Waals surface area contributed by atoms with Crippen LogP contribution in [0.3, 0.4) is 0 Å². The van der Waals surface area contributed by atoms with Gasteiger partial charge in [0.15, 0.2) is 0 Å². The summed E-state index contributed by atoms with van der Waals surface area (Å²) in [6.07, 6.45) is 0. The van der Waals surface area contributed by atoms with Gasteiger partial charge in [-0.25, -0.2) is 4.79 Å². The standard InChI is InChI=1S/C17H14N4O3S/c1-17(12-5-6-25-10-12)15(23)21(16(24)20-17)9-14(22)19-13-4-2-3-11(7-13)8-18/h2-7,10H,9H2,1H3,(H,19,22)(H,20,24). The second kappa shape index (κ2) is 6.37. The lowest BCUT2D eigenvalue weighted by atomic mass is 9.95. The van der Waals surface area contributed by atoms with E-state index in [1.807, 2.05) is 11.4 Å². The Morgan fingerprint density at radius 2 is 2.20 bits per heavy atom. The first kappa shape index (κ1) is 16.7. The van der Waals surface area contributed by atoms with Crippen LogP contribution in [-0.2, 0) is 15.1 Å². The summed E-state index contributed by atoms with van der Waals surface area (Å²) in [6.45, 7) is 1.21. The van der Waals surface area contributed by atoms with Crippen molar-refractivity contribution in [1.82, 2.24) is 10.2 Å². The van der Waals surface area contributed by atoms with E-state index < -0.39 is 29.9 Å². The van der Waals surface area contributed by atoms with E-state index in [4.69, 9.17) is 5.26 Å². The molecular weight excluding hydrogens is 340 g/mol. The van der Waals surface area contributed by atoms with Gasteiger partial charge in [-0.1, -0.05) is 6.07 Å². The number of carbonyl (C=O) groups is 3. The minimum atomic E-state index is -1.17. The highest BCUT2D eigenvalue weighted by molar-refractivity contribution is 7.08. The molecule has 1 unspecified atom stereocenters. The Hall–Kier alpha value is -3.18. The minimum Gasteiger partial charge on any atom is -0.324 e. The Morgan fingerprint density at radius 3 is 2.88 bits per heavy atom. The van der Waals surface area contributed by atoms with Crippen molar-refractivity contribution in [3.05, 3.63) is 52.2 Å². The highest BCUT2D eigenvalue weighted by Crippen LogP contribution is 2.30. The second-order valence-corrected chi connectivity index (χ2v) is 6.48. The van der Waals surface area contributed by atoms with Gasteiger partial charge in [0.25, 0.3) is 5.91 Å². The zero-order valence-corrected chi connectivity index (χ0v) is 14.1. The molecule has 7 nitrogen and oxygen atoms in total. The van der Waals surface area contributed by atoms with Crippen molar-refractivity contribution in [2.24, 2.45) is 0 Å². The molecule has 0 aliphatic carbocycles. The van der Waals surface area contributed by atoms with Crippen LogP contribution in [0.25, 0.3) is 0 Å². The Balaban J connectivity index is 1.72. The number of anilines is 1. The number of carbonyl (C=O) groups excluding carboxylic acids is 3. The predicted octanol–water partition coefficient (Wildman–Crippen LogP) is 2.03. The maximum Gasteiger partial charge on any atom is 0.325 e. The summed E-state index contributed by atoms with van der Waals surface area (Å²) in [4.78, 5) is 37.9. The minimum absolute atomic E-state index is 0.401. The lowest BCUT2D eigenvalue weighted by molar-refractivity contribution is -0.133. The number of rotatable bonds is 4. The molecule has 2 N–H and O–H groups in total. The maximum absolute atomic E-state index is 12.6. The van der Waals surface area contributed by atoms with E-state index in [2.05, 4.69) is 10.6 Å². The highest BCUT2D eigenvalue weighted by atomic mass is 32.1.